The number of benzene rings is 1. The molecule has 0 saturated heterocycles. The van der Waals surface area contributed by atoms with Crippen molar-refractivity contribution in [1.82, 2.24) is 19.8 Å². The number of hydrogen-bond acceptors (Lipinski definition) is 6. The lowest BCUT2D eigenvalue weighted by molar-refractivity contribution is -0.0584. The number of fused-ring (bicyclic) bond motifs is 1. The summed E-state index contributed by atoms with van der Waals surface area (Å²) >= 11 is 0. The van der Waals surface area contributed by atoms with Crippen LogP contribution in [0.2, 0.25) is 0 Å². The minimum absolute atomic E-state index is 0.121. The van der Waals surface area contributed by atoms with Gasteiger partial charge in [0.15, 0.2) is 0 Å². The number of hydrogen-bond donors (Lipinski definition) is 0. The molecule has 0 aliphatic carbocycles. The number of rotatable bonds is 3. The molecule has 0 unspecified atom stereocenters. The number of carbonyl (C=O) groups excluding carboxylic acids is 3. The molecule has 0 atom stereocenters. The van der Waals surface area contributed by atoms with Crippen molar-refractivity contribution in [1.29, 1.82) is 0 Å². The van der Waals surface area contributed by atoms with Crippen LogP contribution in [0.15, 0.2) is 61.2 Å². The van der Waals surface area contributed by atoms with Gasteiger partial charge in [0.25, 0.3) is 11.8 Å². The Hall–Kier alpha value is -3.81. The standard InChI is InChI=1S/C17H10N4O4/c22-15-11-4-1-2-5-12(11)16(23)21(15)25-17(24)13-6-8-18-10-14(13)20-9-3-7-19-20/h1-10H. The molecule has 0 radical (unpaired) electrons. The molecule has 8 heteroatoms. The molecule has 1 aliphatic rings. The van der Waals surface area contributed by atoms with E-state index in [-0.39, 0.29) is 16.7 Å². The predicted molar refractivity (Wildman–Crippen MR) is 83.7 cm³/mol. The van der Waals surface area contributed by atoms with Crippen LogP contribution in [0.25, 0.3) is 5.69 Å². The Bertz CT molecular complexity index is 962. The second-order valence-electron chi connectivity index (χ2n) is 5.17. The second kappa shape index (κ2) is 5.68. The van der Waals surface area contributed by atoms with Crippen LogP contribution in [0.4, 0.5) is 0 Å². The summed E-state index contributed by atoms with van der Waals surface area (Å²) in [6, 6.07) is 9.39. The normalized spacial score (nSPS) is 13.0. The fourth-order valence-electron chi connectivity index (χ4n) is 2.53. The van der Waals surface area contributed by atoms with E-state index in [9.17, 15) is 14.4 Å². The summed E-state index contributed by atoms with van der Waals surface area (Å²) in [4.78, 5) is 46.1. The van der Waals surface area contributed by atoms with Crippen LogP contribution in [0, 0.1) is 0 Å². The summed E-state index contributed by atoms with van der Waals surface area (Å²) in [6.45, 7) is 0. The average molecular weight is 334 g/mol. The molecule has 0 bridgehead atoms. The van der Waals surface area contributed by atoms with Gasteiger partial charge in [0.2, 0.25) is 0 Å². The Morgan fingerprint density at radius 2 is 1.68 bits per heavy atom. The molecular weight excluding hydrogens is 324 g/mol. The first-order chi connectivity index (χ1) is 12.2. The number of nitrogens with zero attached hydrogens (tertiary/aromatic N) is 4. The molecule has 2 aromatic heterocycles. The lowest BCUT2D eigenvalue weighted by Crippen LogP contribution is -2.33. The summed E-state index contributed by atoms with van der Waals surface area (Å²) in [5.41, 5.74) is 0.883. The SMILES string of the molecule is O=C(ON1C(=O)c2ccccc2C1=O)c1ccncc1-n1cccn1. The zero-order chi connectivity index (χ0) is 17.4. The molecule has 0 N–H and O–H groups in total. The van der Waals surface area contributed by atoms with E-state index in [0.29, 0.717) is 10.8 Å². The first kappa shape index (κ1) is 14.8. The molecule has 25 heavy (non-hydrogen) atoms. The zero-order valence-electron chi connectivity index (χ0n) is 12.7. The van der Waals surface area contributed by atoms with Gasteiger partial charge in [-0.2, -0.15) is 5.10 Å². The third-order valence-corrected chi connectivity index (χ3v) is 3.70. The topological polar surface area (TPSA) is 94.4 Å². The van der Waals surface area contributed by atoms with Crippen LogP contribution in [0.5, 0.6) is 0 Å². The monoisotopic (exact) mass is 334 g/mol. The number of imide groups is 1. The van der Waals surface area contributed by atoms with Crippen molar-refractivity contribution in [3.63, 3.8) is 0 Å². The molecule has 1 aromatic carbocycles. The Morgan fingerprint density at radius 3 is 2.32 bits per heavy atom. The molecule has 122 valence electrons. The van der Waals surface area contributed by atoms with Crippen molar-refractivity contribution in [3.05, 3.63) is 77.9 Å². The molecule has 4 rings (SSSR count). The maximum Gasteiger partial charge on any atom is 0.366 e. The summed E-state index contributed by atoms with van der Waals surface area (Å²) < 4.78 is 1.44. The predicted octanol–water partition coefficient (Wildman–Crippen LogP) is 1.64. The molecule has 3 aromatic rings. The van der Waals surface area contributed by atoms with E-state index < -0.39 is 17.8 Å². The third-order valence-electron chi connectivity index (χ3n) is 3.70. The van der Waals surface area contributed by atoms with Gasteiger partial charge in [-0.1, -0.05) is 17.2 Å². The van der Waals surface area contributed by atoms with E-state index in [0.717, 1.165) is 0 Å². The smallest absolute Gasteiger partial charge is 0.324 e. The number of amides is 2. The van der Waals surface area contributed by atoms with Crippen LogP contribution in [0.1, 0.15) is 31.1 Å². The van der Waals surface area contributed by atoms with Crippen molar-refractivity contribution >= 4 is 17.8 Å². The second-order valence-corrected chi connectivity index (χ2v) is 5.17. The highest BCUT2D eigenvalue weighted by molar-refractivity contribution is 6.21. The van der Waals surface area contributed by atoms with Crippen molar-refractivity contribution < 1.29 is 19.2 Å². The van der Waals surface area contributed by atoms with Gasteiger partial charge in [0.05, 0.1) is 28.6 Å². The lowest BCUT2D eigenvalue weighted by Gasteiger charge is -2.14. The summed E-state index contributed by atoms with van der Waals surface area (Å²) in [7, 11) is 0. The quantitative estimate of drug-likeness (QED) is 0.676. The zero-order valence-corrected chi connectivity index (χ0v) is 12.7. The minimum atomic E-state index is -0.859. The molecule has 2 amide bonds. The van der Waals surface area contributed by atoms with Crippen LogP contribution < -0.4 is 0 Å². The minimum Gasteiger partial charge on any atom is -0.324 e. The van der Waals surface area contributed by atoms with Crippen LogP contribution >= 0.6 is 0 Å². The van der Waals surface area contributed by atoms with Crippen molar-refractivity contribution in [2.24, 2.45) is 0 Å². The van der Waals surface area contributed by atoms with E-state index in [1.54, 1.807) is 30.6 Å². The van der Waals surface area contributed by atoms with Gasteiger partial charge in [-0.25, -0.2) is 9.48 Å². The maximum atomic E-state index is 12.5. The van der Waals surface area contributed by atoms with Gasteiger partial charge in [-0.3, -0.25) is 14.6 Å². The lowest BCUT2D eigenvalue weighted by atomic mass is 10.1. The molecule has 1 aliphatic heterocycles. The fourth-order valence-corrected chi connectivity index (χ4v) is 2.53. The first-order valence-corrected chi connectivity index (χ1v) is 7.31. The number of hydroxylamine groups is 2. The Morgan fingerprint density at radius 1 is 0.960 bits per heavy atom. The van der Waals surface area contributed by atoms with E-state index in [4.69, 9.17) is 4.84 Å². The Kier molecular flexibility index (Phi) is 3.35. The van der Waals surface area contributed by atoms with Crippen molar-refractivity contribution in [3.8, 4) is 5.69 Å². The summed E-state index contributed by atoms with van der Waals surface area (Å²) in [5.74, 6) is -2.21. The fraction of sp³-hybridized carbons (Fsp3) is 0. The highest BCUT2D eigenvalue weighted by Crippen LogP contribution is 2.24. The van der Waals surface area contributed by atoms with Gasteiger partial charge in [0, 0.05) is 18.6 Å². The van der Waals surface area contributed by atoms with Crippen molar-refractivity contribution in [2.45, 2.75) is 0 Å². The molecule has 0 spiro atoms. The van der Waals surface area contributed by atoms with Gasteiger partial charge in [0.1, 0.15) is 0 Å². The average Bonchev–Trinajstić information content (AvgIpc) is 3.26. The largest absolute Gasteiger partial charge is 0.366 e. The molecular formula is C17H10N4O4. The van der Waals surface area contributed by atoms with Gasteiger partial charge < -0.3 is 4.84 Å². The van der Waals surface area contributed by atoms with Gasteiger partial charge >= 0.3 is 5.97 Å². The van der Waals surface area contributed by atoms with Crippen LogP contribution in [0.3, 0.4) is 0 Å². The first-order valence-electron chi connectivity index (χ1n) is 7.31. The Labute approximate surface area is 141 Å². The summed E-state index contributed by atoms with van der Waals surface area (Å²) in [5, 5.41) is 4.52. The van der Waals surface area contributed by atoms with E-state index in [1.807, 2.05) is 0 Å². The Balaban J connectivity index is 1.65. The number of carbonyl (C=O) groups is 3. The van der Waals surface area contributed by atoms with Gasteiger partial charge in [-0.15, -0.1) is 0 Å². The highest BCUT2D eigenvalue weighted by atomic mass is 16.7. The van der Waals surface area contributed by atoms with Crippen molar-refractivity contribution in [2.75, 3.05) is 0 Å². The van der Waals surface area contributed by atoms with Crippen LogP contribution in [-0.4, -0.2) is 37.6 Å². The maximum absolute atomic E-state index is 12.5. The third kappa shape index (κ3) is 2.36. The summed E-state index contributed by atoms with van der Waals surface area (Å²) in [6.07, 6.45) is 6.03. The number of aromatic nitrogens is 3. The molecule has 0 fully saturated rings. The molecule has 3 heterocycles. The molecule has 8 nitrogen and oxygen atoms in total. The van der Waals surface area contributed by atoms with E-state index in [2.05, 4.69) is 10.1 Å². The van der Waals surface area contributed by atoms with E-state index >= 15 is 0 Å². The highest BCUT2D eigenvalue weighted by Gasteiger charge is 2.39. The van der Waals surface area contributed by atoms with Crippen LogP contribution in [-0.2, 0) is 4.84 Å². The van der Waals surface area contributed by atoms with Gasteiger partial charge in [-0.05, 0) is 24.3 Å². The van der Waals surface area contributed by atoms with E-state index in [1.165, 1.54) is 35.3 Å². The molecule has 0 saturated carbocycles. The number of pyridine rings is 1.